The molecule has 0 atom stereocenters. The number of fused-ring (bicyclic) bond motifs is 2. The highest BCUT2D eigenvalue weighted by atomic mass is 16.5. The van der Waals surface area contributed by atoms with Gasteiger partial charge in [-0.3, -0.25) is 4.68 Å². The SMILES string of the molecule is Cn1cc(N)c(Nc2ccc(Oc3cccc4c3C3(CC3)CO4)nc2)n1. The number of anilines is 3. The Morgan fingerprint density at radius 3 is 2.85 bits per heavy atom. The standard InChI is InChI=1S/C19H19N5O2/c1-24-10-13(20)18(23-24)22-12-5-6-16(21-9-12)26-15-4-2-3-14-17(15)19(7-8-19)11-25-14/h2-6,9-10H,7-8,11,20H2,1H3,(H,22,23). The normalized spacial score (nSPS) is 16.2. The Morgan fingerprint density at radius 1 is 1.27 bits per heavy atom. The van der Waals surface area contributed by atoms with Gasteiger partial charge in [0, 0.05) is 30.3 Å². The molecule has 0 amide bonds. The summed E-state index contributed by atoms with van der Waals surface area (Å²) in [7, 11) is 1.82. The third-order valence-electron chi connectivity index (χ3n) is 4.95. The summed E-state index contributed by atoms with van der Waals surface area (Å²) in [5.74, 6) is 2.92. The number of ether oxygens (including phenoxy) is 2. The molecule has 7 heteroatoms. The average molecular weight is 349 g/mol. The van der Waals surface area contributed by atoms with Crippen LogP contribution >= 0.6 is 0 Å². The van der Waals surface area contributed by atoms with E-state index in [0.29, 0.717) is 17.4 Å². The molecule has 2 aromatic heterocycles. The molecular weight excluding hydrogens is 330 g/mol. The van der Waals surface area contributed by atoms with Crippen LogP contribution < -0.4 is 20.5 Å². The fraction of sp³-hybridized carbons (Fsp3) is 0.263. The Morgan fingerprint density at radius 2 is 2.15 bits per heavy atom. The van der Waals surface area contributed by atoms with Gasteiger partial charge in [0.05, 0.1) is 24.2 Å². The maximum Gasteiger partial charge on any atom is 0.219 e. The molecule has 2 aliphatic rings. The number of hydrogen-bond donors (Lipinski definition) is 2. The first kappa shape index (κ1) is 15.1. The first-order chi connectivity index (χ1) is 12.6. The Bertz CT molecular complexity index is 976. The zero-order valence-corrected chi connectivity index (χ0v) is 14.4. The van der Waals surface area contributed by atoms with Crippen LogP contribution in [0.3, 0.4) is 0 Å². The van der Waals surface area contributed by atoms with Gasteiger partial charge in [-0.05, 0) is 31.0 Å². The van der Waals surface area contributed by atoms with Gasteiger partial charge in [-0.25, -0.2) is 4.98 Å². The Hall–Kier alpha value is -3.22. The molecule has 3 heterocycles. The topological polar surface area (TPSA) is 87.2 Å². The molecule has 3 aromatic rings. The molecule has 1 aromatic carbocycles. The van der Waals surface area contributed by atoms with E-state index >= 15 is 0 Å². The van der Waals surface area contributed by atoms with Gasteiger partial charge in [0.2, 0.25) is 5.88 Å². The maximum atomic E-state index is 6.07. The average Bonchev–Trinajstić information content (AvgIpc) is 3.21. The van der Waals surface area contributed by atoms with Gasteiger partial charge in [0.15, 0.2) is 5.82 Å². The van der Waals surface area contributed by atoms with Crippen LogP contribution in [0.1, 0.15) is 18.4 Å². The number of nitrogens with zero attached hydrogens (tertiary/aromatic N) is 3. The zero-order chi connectivity index (χ0) is 17.7. The van der Waals surface area contributed by atoms with Crippen molar-refractivity contribution in [1.82, 2.24) is 14.8 Å². The largest absolute Gasteiger partial charge is 0.492 e. The van der Waals surface area contributed by atoms with Gasteiger partial charge in [-0.15, -0.1) is 0 Å². The Kier molecular flexibility index (Phi) is 3.12. The van der Waals surface area contributed by atoms with Crippen molar-refractivity contribution in [1.29, 1.82) is 0 Å². The van der Waals surface area contributed by atoms with Crippen molar-refractivity contribution in [3.8, 4) is 17.4 Å². The van der Waals surface area contributed by atoms with Gasteiger partial charge >= 0.3 is 0 Å². The number of aromatic nitrogens is 3. The maximum absolute atomic E-state index is 6.07. The lowest BCUT2D eigenvalue weighted by molar-refractivity contribution is 0.323. The van der Waals surface area contributed by atoms with E-state index in [2.05, 4.69) is 15.4 Å². The molecule has 1 saturated carbocycles. The summed E-state index contributed by atoms with van der Waals surface area (Å²) in [6.07, 6.45) is 5.76. The molecule has 1 fully saturated rings. The molecule has 5 rings (SSSR count). The number of nitrogens with two attached hydrogens (primary N) is 1. The number of nitrogens with one attached hydrogen (secondary N) is 1. The smallest absolute Gasteiger partial charge is 0.219 e. The first-order valence-electron chi connectivity index (χ1n) is 8.59. The molecule has 26 heavy (non-hydrogen) atoms. The summed E-state index contributed by atoms with van der Waals surface area (Å²) in [5, 5.41) is 7.42. The van der Waals surface area contributed by atoms with Crippen molar-refractivity contribution in [3.05, 3.63) is 48.3 Å². The van der Waals surface area contributed by atoms with Crippen molar-refractivity contribution in [2.75, 3.05) is 17.7 Å². The summed E-state index contributed by atoms with van der Waals surface area (Å²) < 4.78 is 13.5. The minimum atomic E-state index is 0.157. The van der Waals surface area contributed by atoms with E-state index in [9.17, 15) is 0 Å². The van der Waals surface area contributed by atoms with Gasteiger partial charge in [0.25, 0.3) is 0 Å². The van der Waals surface area contributed by atoms with Gasteiger partial charge in [0.1, 0.15) is 11.5 Å². The van der Waals surface area contributed by atoms with E-state index in [4.69, 9.17) is 15.2 Å². The molecule has 0 radical (unpaired) electrons. The second kappa shape index (κ2) is 5.39. The van der Waals surface area contributed by atoms with Gasteiger partial charge in [-0.2, -0.15) is 5.10 Å². The fourth-order valence-corrected chi connectivity index (χ4v) is 3.44. The van der Waals surface area contributed by atoms with E-state index in [1.54, 1.807) is 17.1 Å². The van der Waals surface area contributed by atoms with E-state index < -0.39 is 0 Å². The van der Waals surface area contributed by atoms with Crippen LogP contribution in [0.15, 0.2) is 42.7 Å². The van der Waals surface area contributed by atoms with Crippen molar-refractivity contribution >= 4 is 17.2 Å². The van der Waals surface area contributed by atoms with Crippen LogP contribution in [0, 0.1) is 0 Å². The molecule has 0 unspecified atom stereocenters. The number of benzene rings is 1. The van der Waals surface area contributed by atoms with Crippen LogP contribution in [0.2, 0.25) is 0 Å². The second-order valence-electron chi connectivity index (χ2n) is 6.92. The summed E-state index contributed by atoms with van der Waals surface area (Å²) in [6.45, 7) is 0.754. The van der Waals surface area contributed by atoms with Crippen molar-refractivity contribution in [2.45, 2.75) is 18.3 Å². The lowest BCUT2D eigenvalue weighted by Gasteiger charge is -2.12. The lowest BCUT2D eigenvalue weighted by Crippen LogP contribution is -2.08. The predicted molar refractivity (Wildman–Crippen MR) is 98.1 cm³/mol. The summed E-state index contributed by atoms with van der Waals surface area (Å²) in [4.78, 5) is 4.40. The van der Waals surface area contributed by atoms with Crippen molar-refractivity contribution < 1.29 is 9.47 Å². The van der Waals surface area contributed by atoms with Crippen LogP contribution in [-0.4, -0.2) is 21.4 Å². The molecule has 1 spiro atoms. The molecule has 0 saturated heterocycles. The van der Waals surface area contributed by atoms with Crippen LogP contribution in [-0.2, 0) is 12.5 Å². The van der Waals surface area contributed by atoms with E-state index in [1.807, 2.05) is 37.4 Å². The molecule has 7 nitrogen and oxygen atoms in total. The van der Waals surface area contributed by atoms with Crippen LogP contribution in [0.5, 0.6) is 17.4 Å². The molecular formula is C19H19N5O2. The van der Waals surface area contributed by atoms with Crippen LogP contribution in [0.4, 0.5) is 17.2 Å². The monoisotopic (exact) mass is 349 g/mol. The number of hydrogen-bond acceptors (Lipinski definition) is 6. The number of aryl methyl sites for hydroxylation is 1. The fourth-order valence-electron chi connectivity index (χ4n) is 3.44. The second-order valence-corrected chi connectivity index (χ2v) is 6.92. The predicted octanol–water partition coefficient (Wildman–Crippen LogP) is 3.36. The van der Waals surface area contributed by atoms with E-state index in [-0.39, 0.29) is 5.41 Å². The minimum absolute atomic E-state index is 0.157. The first-order valence-corrected chi connectivity index (χ1v) is 8.59. The van der Waals surface area contributed by atoms with E-state index in [1.165, 1.54) is 5.56 Å². The number of pyridine rings is 1. The highest BCUT2D eigenvalue weighted by Gasteiger charge is 2.52. The molecule has 0 bridgehead atoms. The molecule has 3 N–H and O–H groups in total. The van der Waals surface area contributed by atoms with Gasteiger partial charge < -0.3 is 20.5 Å². The van der Waals surface area contributed by atoms with Gasteiger partial charge in [-0.1, -0.05) is 6.07 Å². The minimum Gasteiger partial charge on any atom is -0.492 e. The number of rotatable bonds is 4. The summed E-state index contributed by atoms with van der Waals surface area (Å²) in [5.41, 5.74) is 8.62. The molecule has 1 aliphatic heterocycles. The van der Waals surface area contributed by atoms with Crippen LogP contribution in [0.25, 0.3) is 0 Å². The lowest BCUT2D eigenvalue weighted by atomic mass is 9.97. The van der Waals surface area contributed by atoms with Crippen molar-refractivity contribution in [2.24, 2.45) is 7.05 Å². The third kappa shape index (κ3) is 2.44. The highest BCUT2D eigenvalue weighted by Crippen LogP contribution is 2.58. The Labute approximate surface area is 150 Å². The van der Waals surface area contributed by atoms with Crippen molar-refractivity contribution in [3.63, 3.8) is 0 Å². The summed E-state index contributed by atoms with van der Waals surface area (Å²) in [6, 6.07) is 9.66. The highest BCUT2D eigenvalue weighted by molar-refractivity contribution is 5.67. The third-order valence-corrected chi connectivity index (χ3v) is 4.95. The Balaban J connectivity index is 1.36. The molecule has 1 aliphatic carbocycles. The molecule has 132 valence electrons. The summed E-state index contributed by atoms with van der Waals surface area (Å²) >= 11 is 0. The van der Waals surface area contributed by atoms with E-state index in [0.717, 1.165) is 36.6 Å². The zero-order valence-electron chi connectivity index (χ0n) is 14.4. The quantitative estimate of drug-likeness (QED) is 0.751. The number of nitrogen functional groups attached to an aromatic ring is 1.